The molecule has 7 heteroatoms. The van der Waals surface area contributed by atoms with E-state index >= 15 is 0 Å². The van der Waals surface area contributed by atoms with E-state index in [4.69, 9.17) is 9.72 Å². The molecule has 2 aliphatic heterocycles. The van der Waals surface area contributed by atoms with Gasteiger partial charge in [0.15, 0.2) is 0 Å². The third kappa shape index (κ3) is 6.26. The molecule has 0 bridgehead atoms. The van der Waals surface area contributed by atoms with Gasteiger partial charge in [0.25, 0.3) is 0 Å². The predicted molar refractivity (Wildman–Crippen MR) is 239 cm³/mol. The third-order valence-electron chi connectivity index (χ3n) is 11.6. The van der Waals surface area contributed by atoms with Crippen LogP contribution in [0.15, 0.2) is 170 Å². The fourth-order valence-corrected chi connectivity index (χ4v) is 8.75. The average molecular weight is 941 g/mol. The summed E-state index contributed by atoms with van der Waals surface area (Å²) in [5.41, 5.74) is 13.4. The first kappa shape index (κ1) is 36.9. The molecule has 59 heavy (non-hydrogen) atoms. The quantitative estimate of drug-likeness (QED) is 0.123. The second-order valence-electron chi connectivity index (χ2n) is 16.1. The van der Waals surface area contributed by atoms with Crippen LogP contribution in [0.4, 0.5) is 22.7 Å². The Balaban J connectivity index is 0.00000420. The van der Waals surface area contributed by atoms with E-state index in [-0.39, 0.29) is 33.2 Å². The summed E-state index contributed by atoms with van der Waals surface area (Å²) < 4.78 is 9.04. The molecule has 0 spiro atoms. The smallest absolute Gasteiger partial charge is 0.243 e. The fourth-order valence-electron chi connectivity index (χ4n) is 8.75. The molecule has 0 atom stereocenters. The minimum atomic E-state index is -0.142. The summed E-state index contributed by atoms with van der Waals surface area (Å²) in [7, 11) is 0. The molecule has 0 saturated carbocycles. The van der Waals surface area contributed by atoms with Crippen molar-refractivity contribution >= 4 is 67.7 Å². The molecule has 11 rings (SSSR count). The molecule has 0 saturated heterocycles. The monoisotopic (exact) mass is 940 g/mol. The van der Waals surface area contributed by atoms with Crippen molar-refractivity contribution in [1.29, 1.82) is 0 Å². The molecule has 5 nitrogen and oxygen atoms in total. The van der Waals surface area contributed by atoms with Gasteiger partial charge in [0.1, 0.15) is 5.82 Å². The van der Waals surface area contributed by atoms with Crippen molar-refractivity contribution in [3.8, 4) is 28.4 Å². The predicted octanol–water partition coefficient (Wildman–Crippen LogP) is 10.8. The van der Waals surface area contributed by atoms with Crippen LogP contribution in [0.5, 0.6) is 11.5 Å². The van der Waals surface area contributed by atoms with E-state index in [1.165, 1.54) is 27.5 Å². The van der Waals surface area contributed by atoms with Crippen LogP contribution in [0.3, 0.4) is 0 Å². The first-order chi connectivity index (χ1) is 28.4. The van der Waals surface area contributed by atoms with Gasteiger partial charge in [-0.15, -0.1) is 53.6 Å². The van der Waals surface area contributed by atoms with Crippen LogP contribution in [0.25, 0.3) is 38.8 Å². The van der Waals surface area contributed by atoms with Crippen LogP contribution in [-0.4, -0.2) is 16.3 Å². The Hall–Kier alpha value is -6.36. The SMILES string of the molecule is CC(C)(C)c1cc(Oc2[c-]c3c(cc2)c2ccccc2n3-c2cc3c(cn2)-c2ccccc2B3c2ccccc2)[c-]c(N2[CH-]N(c3ccccc3)c3ccccc32)c1.[Pt]. The van der Waals surface area contributed by atoms with E-state index in [1.54, 1.807) is 0 Å². The Morgan fingerprint density at radius 1 is 0.610 bits per heavy atom. The van der Waals surface area contributed by atoms with E-state index in [0.717, 1.165) is 55.9 Å². The number of hydrogen-bond acceptors (Lipinski definition) is 4. The number of hydrogen-bond donors (Lipinski definition) is 0. The Morgan fingerprint density at radius 2 is 1.31 bits per heavy atom. The maximum absolute atomic E-state index is 6.80. The second-order valence-corrected chi connectivity index (χ2v) is 16.1. The first-order valence-electron chi connectivity index (χ1n) is 19.8. The summed E-state index contributed by atoms with van der Waals surface area (Å²) in [5.74, 6) is 2.09. The maximum Gasteiger partial charge on any atom is 0.243 e. The molecule has 288 valence electrons. The van der Waals surface area contributed by atoms with Gasteiger partial charge in [-0.3, -0.25) is 0 Å². The van der Waals surface area contributed by atoms with Gasteiger partial charge in [0.05, 0.1) is 0 Å². The summed E-state index contributed by atoms with van der Waals surface area (Å²) in [6.07, 6.45) is 2.05. The van der Waals surface area contributed by atoms with Crippen LogP contribution >= 0.6 is 0 Å². The van der Waals surface area contributed by atoms with Crippen molar-refractivity contribution in [2.75, 3.05) is 9.80 Å². The molecule has 2 aliphatic rings. The molecular formula is C52H38BN4OPt-3. The summed E-state index contributed by atoms with van der Waals surface area (Å²) in [4.78, 5) is 9.59. The van der Waals surface area contributed by atoms with Gasteiger partial charge >= 0.3 is 0 Å². The third-order valence-corrected chi connectivity index (χ3v) is 11.6. The number of pyridine rings is 1. The zero-order valence-corrected chi connectivity index (χ0v) is 35.1. The minimum Gasteiger partial charge on any atom is -0.509 e. The average Bonchev–Trinajstić information content (AvgIpc) is 3.91. The fraction of sp³-hybridized carbons (Fsp3) is 0.0769. The molecule has 4 heterocycles. The van der Waals surface area contributed by atoms with E-state index < -0.39 is 0 Å². The number of rotatable bonds is 6. The summed E-state index contributed by atoms with van der Waals surface area (Å²) in [6, 6.07) is 65.1. The van der Waals surface area contributed by atoms with E-state index in [9.17, 15) is 0 Å². The van der Waals surface area contributed by atoms with Gasteiger partial charge in [-0.2, -0.15) is 6.07 Å². The topological polar surface area (TPSA) is 33.5 Å². The second kappa shape index (κ2) is 14.5. The largest absolute Gasteiger partial charge is 0.509 e. The number of para-hydroxylation sites is 4. The molecule has 9 aromatic rings. The minimum absolute atomic E-state index is 0. The van der Waals surface area contributed by atoms with Crippen LogP contribution < -0.4 is 30.9 Å². The maximum atomic E-state index is 6.80. The molecule has 2 aromatic heterocycles. The molecule has 7 aromatic carbocycles. The Kier molecular flexibility index (Phi) is 9.07. The molecule has 0 radical (unpaired) electrons. The van der Waals surface area contributed by atoms with Crippen molar-refractivity contribution in [2.24, 2.45) is 0 Å². The molecular weight excluding hydrogens is 902 g/mol. The standard InChI is InChI=1S/C52H38BN4O.Pt/c1-52(2,3)35-28-38(56-34-55(37-18-8-5-9-19-37)48-24-14-15-25-49(48)56)30-40(29-35)58-39-26-27-43-42-21-11-13-23-47(42)57(50(43)31-39)51-32-46-44(33-54-51)41-20-10-12-22-45(41)53(46)36-16-6-4-7-17-36;/h4-29,32-34H,1-3H3;/q-3;. The van der Waals surface area contributed by atoms with Gasteiger partial charge in [-0.05, 0) is 58.3 Å². The van der Waals surface area contributed by atoms with Gasteiger partial charge in [0, 0.05) is 61.3 Å². The zero-order valence-electron chi connectivity index (χ0n) is 32.8. The van der Waals surface area contributed by atoms with Crippen LogP contribution in [-0.2, 0) is 26.5 Å². The van der Waals surface area contributed by atoms with Crippen molar-refractivity contribution in [1.82, 2.24) is 9.55 Å². The number of fused-ring (bicyclic) bond motifs is 7. The van der Waals surface area contributed by atoms with Crippen molar-refractivity contribution in [2.45, 2.75) is 26.2 Å². The summed E-state index contributed by atoms with van der Waals surface area (Å²) in [5, 5.41) is 2.23. The number of anilines is 4. The van der Waals surface area contributed by atoms with Crippen molar-refractivity contribution < 1.29 is 25.8 Å². The van der Waals surface area contributed by atoms with E-state index in [0.29, 0.717) is 11.5 Å². The Bertz CT molecular complexity index is 3030. The van der Waals surface area contributed by atoms with Crippen molar-refractivity contribution in [3.05, 3.63) is 194 Å². The number of nitrogens with zero attached hydrogens (tertiary/aromatic N) is 4. The number of benzene rings is 7. The van der Waals surface area contributed by atoms with Gasteiger partial charge in [-0.1, -0.05) is 146 Å². The Labute approximate surface area is 359 Å². The van der Waals surface area contributed by atoms with E-state index in [1.807, 2.05) is 18.3 Å². The number of ether oxygens (including phenoxy) is 1. The molecule has 0 fully saturated rings. The van der Waals surface area contributed by atoms with Crippen LogP contribution in [0, 0.1) is 18.8 Å². The summed E-state index contributed by atoms with van der Waals surface area (Å²) >= 11 is 0. The van der Waals surface area contributed by atoms with E-state index in [2.05, 4.69) is 206 Å². The first-order valence-corrected chi connectivity index (χ1v) is 19.8. The zero-order chi connectivity index (χ0) is 39.0. The van der Waals surface area contributed by atoms with Gasteiger partial charge in [-0.25, -0.2) is 4.98 Å². The molecule has 0 unspecified atom stereocenters. The summed E-state index contributed by atoms with van der Waals surface area (Å²) in [6.45, 7) is 8.95. The normalized spacial score (nSPS) is 13.0. The molecule has 0 aliphatic carbocycles. The van der Waals surface area contributed by atoms with Crippen molar-refractivity contribution in [3.63, 3.8) is 0 Å². The van der Waals surface area contributed by atoms with Gasteiger partial charge in [0.2, 0.25) is 6.71 Å². The molecule has 0 N–H and O–H groups in total. The molecule has 0 amide bonds. The Morgan fingerprint density at radius 3 is 2.10 bits per heavy atom. The van der Waals surface area contributed by atoms with Gasteiger partial charge < -0.3 is 19.1 Å². The van der Waals surface area contributed by atoms with Crippen LogP contribution in [0.2, 0.25) is 0 Å². The van der Waals surface area contributed by atoms with Crippen LogP contribution in [0.1, 0.15) is 26.3 Å². The number of aromatic nitrogens is 2.